The smallest absolute Gasteiger partial charge is 0.406 e. The number of anilines is 1. The normalized spacial score (nSPS) is 20.4. The summed E-state index contributed by atoms with van der Waals surface area (Å²) < 4.78 is 39.9. The number of rotatable bonds is 1. The zero-order chi connectivity index (χ0) is 11.4. The standard InChI is InChI=1S/C11H10F3NO/c12-11(13,14)16-7-1-2-8-9(5-7)15-6-10(8)3-4-10/h1-2,5,15H,3-4,6H2. The molecule has 5 heteroatoms. The number of alkyl halides is 3. The lowest BCUT2D eigenvalue weighted by molar-refractivity contribution is -0.274. The Labute approximate surface area is 90.4 Å². The van der Waals surface area contributed by atoms with E-state index < -0.39 is 6.36 Å². The molecule has 1 saturated carbocycles. The van der Waals surface area contributed by atoms with Crippen LogP contribution >= 0.6 is 0 Å². The van der Waals surface area contributed by atoms with Crippen LogP contribution < -0.4 is 10.1 Å². The summed E-state index contributed by atoms with van der Waals surface area (Å²) in [7, 11) is 0. The molecule has 2 nitrogen and oxygen atoms in total. The number of fused-ring (bicyclic) bond motifs is 2. The Morgan fingerprint density at radius 2 is 2.00 bits per heavy atom. The summed E-state index contributed by atoms with van der Waals surface area (Å²) in [4.78, 5) is 0. The van der Waals surface area contributed by atoms with Gasteiger partial charge in [0.15, 0.2) is 0 Å². The second-order valence-corrected chi connectivity index (χ2v) is 4.39. The molecule has 1 aromatic rings. The van der Waals surface area contributed by atoms with Crippen molar-refractivity contribution in [1.82, 2.24) is 0 Å². The van der Waals surface area contributed by atoms with E-state index in [1.165, 1.54) is 12.1 Å². The summed E-state index contributed by atoms with van der Waals surface area (Å²) in [6.07, 6.45) is -2.39. The Balaban J connectivity index is 1.90. The minimum absolute atomic E-state index is 0.156. The summed E-state index contributed by atoms with van der Waals surface area (Å²) in [6.45, 7) is 0.831. The summed E-state index contributed by atoms with van der Waals surface area (Å²) in [5.74, 6) is -0.156. The van der Waals surface area contributed by atoms with Crippen molar-refractivity contribution in [3.05, 3.63) is 23.8 Å². The molecule has 1 aromatic carbocycles. The molecular formula is C11H10F3NO. The summed E-state index contributed by atoms with van der Waals surface area (Å²) in [5.41, 5.74) is 2.10. The van der Waals surface area contributed by atoms with Gasteiger partial charge < -0.3 is 10.1 Å². The first kappa shape index (κ1) is 9.81. The van der Waals surface area contributed by atoms with Crippen LogP contribution in [0.1, 0.15) is 18.4 Å². The Morgan fingerprint density at radius 1 is 1.25 bits per heavy atom. The molecule has 1 fully saturated rings. The molecule has 0 bridgehead atoms. The van der Waals surface area contributed by atoms with Crippen LogP contribution in [0.2, 0.25) is 0 Å². The van der Waals surface area contributed by atoms with Crippen molar-refractivity contribution in [2.24, 2.45) is 0 Å². The van der Waals surface area contributed by atoms with E-state index in [1.807, 2.05) is 0 Å². The van der Waals surface area contributed by atoms with Gasteiger partial charge in [0.1, 0.15) is 5.75 Å². The van der Waals surface area contributed by atoms with Crippen molar-refractivity contribution in [1.29, 1.82) is 0 Å². The number of hydrogen-bond donors (Lipinski definition) is 1. The molecule has 1 aliphatic carbocycles. The van der Waals surface area contributed by atoms with Gasteiger partial charge in [-0.1, -0.05) is 6.07 Å². The molecule has 0 amide bonds. The Morgan fingerprint density at radius 3 is 2.62 bits per heavy atom. The third-order valence-electron chi connectivity index (χ3n) is 3.27. The third kappa shape index (κ3) is 1.50. The molecule has 1 heterocycles. The topological polar surface area (TPSA) is 21.3 Å². The van der Waals surface area contributed by atoms with Crippen LogP contribution in [0.5, 0.6) is 5.75 Å². The molecule has 86 valence electrons. The van der Waals surface area contributed by atoms with Crippen molar-refractivity contribution in [2.75, 3.05) is 11.9 Å². The number of hydrogen-bond acceptors (Lipinski definition) is 2. The van der Waals surface area contributed by atoms with Gasteiger partial charge in [0.05, 0.1) is 0 Å². The van der Waals surface area contributed by atoms with Crippen molar-refractivity contribution < 1.29 is 17.9 Å². The number of halogens is 3. The van der Waals surface area contributed by atoms with Gasteiger partial charge in [-0.25, -0.2) is 0 Å². The van der Waals surface area contributed by atoms with Gasteiger partial charge in [-0.05, 0) is 24.5 Å². The summed E-state index contributed by atoms with van der Waals surface area (Å²) in [6, 6.07) is 4.55. The van der Waals surface area contributed by atoms with Crippen LogP contribution in [0, 0.1) is 0 Å². The number of nitrogens with one attached hydrogen (secondary N) is 1. The van der Waals surface area contributed by atoms with Crippen LogP contribution in [0.25, 0.3) is 0 Å². The minimum atomic E-state index is -4.62. The van der Waals surface area contributed by atoms with Crippen LogP contribution in [0.15, 0.2) is 18.2 Å². The maximum atomic E-state index is 12.0. The second-order valence-electron chi connectivity index (χ2n) is 4.39. The molecule has 0 atom stereocenters. The number of benzene rings is 1. The van der Waals surface area contributed by atoms with E-state index in [2.05, 4.69) is 10.1 Å². The Bertz CT molecular complexity index is 437. The third-order valence-corrected chi connectivity index (χ3v) is 3.27. The zero-order valence-corrected chi connectivity index (χ0v) is 8.40. The summed E-state index contributed by atoms with van der Waals surface area (Å²) >= 11 is 0. The van der Waals surface area contributed by atoms with Crippen molar-refractivity contribution in [3.8, 4) is 5.75 Å². The van der Waals surface area contributed by atoms with Gasteiger partial charge in [0.25, 0.3) is 0 Å². The number of ether oxygens (including phenoxy) is 1. The van der Waals surface area contributed by atoms with E-state index in [0.717, 1.165) is 30.6 Å². The first-order valence-electron chi connectivity index (χ1n) is 5.13. The lowest BCUT2D eigenvalue weighted by atomic mass is 9.99. The fourth-order valence-electron chi connectivity index (χ4n) is 2.29. The first-order valence-corrected chi connectivity index (χ1v) is 5.13. The fraction of sp³-hybridized carbons (Fsp3) is 0.455. The molecule has 0 saturated heterocycles. The minimum Gasteiger partial charge on any atom is -0.406 e. The second kappa shape index (κ2) is 2.84. The largest absolute Gasteiger partial charge is 0.573 e. The van der Waals surface area contributed by atoms with E-state index in [4.69, 9.17) is 0 Å². The molecule has 2 aliphatic rings. The summed E-state index contributed by atoms with van der Waals surface area (Å²) in [5, 5.41) is 3.13. The average Bonchev–Trinajstić information content (AvgIpc) is 2.84. The molecule has 1 spiro atoms. The molecule has 1 N–H and O–H groups in total. The van der Waals surface area contributed by atoms with Crippen molar-refractivity contribution >= 4 is 5.69 Å². The van der Waals surface area contributed by atoms with Gasteiger partial charge in [-0.3, -0.25) is 0 Å². The molecule has 0 radical (unpaired) electrons. The van der Waals surface area contributed by atoms with Gasteiger partial charge in [0.2, 0.25) is 0 Å². The van der Waals surface area contributed by atoms with Crippen molar-refractivity contribution in [3.63, 3.8) is 0 Å². The highest BCUT2D eigenvalue weighted by atomic mass is 19.4. The van der Waals surface area contributed by atoms with Crippen LogP contribution in [-0.4, -0.2) is 12.9 Å². The molecule has 1 aliphatic heterocycles. The van der Waals surface area contributed by atoms with E-state index in [9.17, 15) is 13.2 Å². The maximum absolute atomic E-state index is 12.0. The molecule has 16 heavy (non-hydrogen) atoms. The lowest BCUT2D eigenvalue weighted by Crippen LogP contribution is -2.17. The molecular weight excluding hydrogens is 219 g/mol. The Hall–Kier alpha value is -1.39. The van der Waals surface area contributed by atoms with Gasteiger partial charge >= 0.3 is 6.36 Å². The lowest BCUT2D eigenvalue weighted by Gasteiger charge is -2.10. The van der Waals surface area contributed by atoms with Crippen molar-refractivity contribution in [2.45, 2.75) is 24.6 Å². The Kier molecular flexibility index (Phi) is 1.74. The zero-order valence-electron chi connectivity index (χ0n) is 8.40. The predicted octanol–water partition coefficient (Wildman–Crippen LogP) is 3.04. The highest BCUT2D eigenvalue weighted by Crippen LogP contribution is 2.54. The van der Waals surface area contributed by atoms with Gasteiger partial charge in [-0.15, -0.1) is 13.2 Å². The molecule has 0 unspecified atom stereocenters. The average molecular weight is 229 g/mol. The van der Waals surface area contributed by atoms with Gasteiger partial charge in [0, 0.05) is 23.7 Å². The molecule has 0 aromatic heterocycles. The highest BCUT2D eigenvalue weighted by molar-refractivity contribution is 5.65. The fourth-order valence-corrected chi connectivity index (χ4v) is 2.29. The van der Waals surface area contributed by atoms with Crippen LogP contribution in [0.3, 0.4) is 0 Å². The maximum Gasteiger partial charge on any atom is 0.573 e. The predicted molar refractivity (Wildman–Crippen MR) is 52.5 cm³/mol. The van der Waals surface area contributed by atoms with E-state index >= 15 is 0 Å². The monoisotopic (exact) mass is 229 g/mol. The highest BCUT2D eigenvalue weighted by Gasteiger charge is 2.49. The van der Waals surface area contributed by atoms with E-state index in [-0.39, 0.29) is 11.2 Å². The molecule has 3 rings (SSSR count). The first-order chi connectivity index (χ1) is 7.49. The van der Waals surface area contributed by atoms with E-state index in [0.29, 0.717) is 0 Å². The van der Waals surface area contributed by atoms with Crippen LogP contribution in [0.4, 0.5) is 18.9 Å². The van der Waals surface area contributed by atoms with Gasteiger partial charge in [-0.2, -0.15) is 0 Å². The SMILES string of the molecule is FC(F)(F)Oc1ccc2c(c1)NCC21CC1. The quantitative estimate of drug-likeness (QED) is 0.799. The van der Waals surface area contributed by atoms with Crippen LogP contribution in [-0.2, 0) is 5.41 Å². The van der Waals surface area contributed by atoms with E-state index in [1.54, 1.807) is 6.07 Å².